The van der Waals surface area contributed by atoms with Crippen molar-refractivity contribution < 1.29 is 5.11 Å². The van der Waals surface area contributed by atoms with Crippen molar-refractivity contribution in [2.45, 2.75) is 31.8 Å². The van der Waals surface area contributed by atoms with Crippen LogP contribution in [0.3, 0.4) is 0 Å². The molecule has 1 heteroatoms. The van der Waals surface area contributed by atoms with Crippen LogP contribution in [0.1, 0.15) is 25.7 Å². The molecule has 3 fully saturated rings. The average Bonchev–Trinajstić information content (AvgIpc) is 2.57. The predicted molar refractivity (Wildman–Crippen MR) is 52.1 cm³/mol. The molecule has 0 aromatic rings. The van der Waals surface area contributed by atoms with Crippen molar-refractivity contribution in [3.63, 3.8) is 0 Å². The average molecular weight is 178 g/mol. The van der Waals surface area contributed by atoms with Gasteiger partial charge in [-0.05, 0) is 55.3 Å². The first kappa shape index (κ1) is 8.05. The third-order valence-electron chi connectivity index (χ3n) is 4.65. The van der Waals surface area contributed by atoms with Crippen molar-refractivity contribution in [1.82, 2.24) is 0 Å². The highest BCUT2D eigenvalue weighted by atomic mass is 16.3. The number of aliphatic hydroxyl groups excluding tert-OH is 1. The highest BCUT2D eigenvalue weighted by molar-refractivity contribution is 5.14. The second-order valence-electron chi connectivity index (χ2n) is 5.16. The third-order valence-corrected chi connectivity index (χ3v) is 4.65. The Morgan fingerprint density at radius 1 is 1.31 bits per heavy atom. The lowest BCUT2D eigenvalue weighted by atomic mass is 9.97. The molecule has 0 radical (unpaired) electrons. The Kier molecular flexibility index (Phi) is 1.61. The Labute approximate surface area is 79.8 Å². The van der Waals surface area contributed by atoms with E-state index in [4.69, 9.17) is 0 Å². The van der Waals surface area contributed by atoms with Crippen LogP contribution in [-0.4, -0.2) is 11.2 Å². The van der Waals surface area contributed by atoms with Gasteiger partial charge in [0.05, 0.1) is 6.10 Å². The van der Waals surface area contributed by atoms with Crippen molar-refractivity contribution in [2.24, 2.45) is 29.6 Å². The van der Waals surface area contributed by atoms with Gasteiger partial charge < -0.3 is 5.11 Å². The first-order valence-corrected chi connectivity index (χ1v) is 5.62. The molecule has 3 aliphatic carbocycles. The third kappa shape index (κ3) is 0.969. The van der Waals surface area contributed by atoms with Crippen LogP contribution in [0.4, 0.5) is 0 Å². The fraction of sp³-hybridized carbons (Fsp3) is 0.833. The molecule has 0 aromatic carbocycles. The van der Waals surface area contributed by atoms with E-state index in [-0.39, 0.29) is 6.10 Å². The second-order valence-corrected chi connectivity index (χ2v) is 5.16. The summed E-state index contributed by atoms with van der Waals surface area (Å²) in [6, 6.07) is 0. The van der Waals surface area contributed by atoms with Gasteiger partial charge in [0.2, 0.25) is 0 Å². The van der Waals surface area contributed by atoms with Crippen LogP contribution in [0.5, 0.6) is 0 Å². The predicted octanol–water partition coefficient (Wildman–Crippen LogP) is 2.22. The fourth-order valence-electron chi connectivity index (χ4n) is 4.23. The maximum absolute atomic E-state index is 9.89. The molecule has 1 nitrogen and oxygen atoms in total. The quantitative estimate of drug-likeness (QED) is 0.657. The van der Waals surface area contributed by atoms with Gasteiger partial charge in [-0.15, -0.1) is 6.58 Å². The van der Waals surface area contributed by atoms with Crippen LogP contribution in [-0.2, 0) is 0 Å². The Morgan fingerprint density at radius 3 is 2.46 bits per heavy atom. The molecule has 13 heavy (non-hydrogen) atoms. The number of rotatable bonds is 3. The van der Waals surface area contributed by atoms with Gasteiger partial charge in [-0.2, -0.15) is 0 Å². The molecule has 5 atom stereocenters. The van der Waals surface area contributed by atoms with E-state index in [0.29, 0.717) is 5.92 Å². The molecule has 0 spiro atoms. The van der Waals surface area contributed by atoms with Crippen LogP contribution in [0, 0.1) is 29.6 Å². The number of fused-ring (bicyclic) bond motifs is 5. The summed E-state index contributed by atoms with van der Waals surface area (Å²) in [5.74, 6) is 4.45. The zero-order valence-corrected chi connectivity index (χ0v) is 8.02. The maximum Gasteiger partial charge on any atom is 0.0608 e. The van der Waals surface area contributed by atoms with Crippen molar-refractivity contribution in [3.8, 4) is 0 Å². The van der Waals surface area contributed by atoms with Crippen LogP contribution >= 0.6 is 0 Å². The molecule has 0 heterocycles. The molecule has 0 amide bonds. The van der Waals surface area contributed by atoms with Crippen molar-refractivity contribution in [2.75, 3.05) is 0 Å². The molecule has 3 aliphatic rings. The number of aliphatic hydroxyl groups is 1. The first-order valence-electron chi connectivity index (χ1n) is 5.62. The summed E-state index contributed by atoms with van der Waals surface area (Å²) < 4.78 is 0. The largest absolute Gasteiger partial charge is 0.392 e. The van der Waals surface area contributed by atoms with Crippen molar-refractivity contribution in [3.05, 3.63) is 12.7 Å². The Balaban J connectivity index is 1.69. The van der Waals surface area contributed by atoms with E-state index in [9.17, 15) is 5.11 Å². The summed E-state index contributed by atoms with van der Waals surface area (Å²) in [6.07, 6.45) is 6.97. The molecule has 3 saturated carbocycles. The highest BCUT2D eigenvalue weighted by Gasteiger charge is 2.66. The van der Waals surface area contributed by atoms with Gasteiger partial charge in [-0.1, -0.05) is 6.08 Å². The summed E-state index contributed by atoms with van der Waals surface area (Å²) in [5, 5.41) is 9.89. The monoisotopic (exact) mass is 178 g/mol. The maximum atomic E-state index is 9.89. The SMILES string of the molecule is C=CCC(O)C1C2C3CCC(C3)C12. The van der Waals surface area contributed by atoms with Gasteiger partial charge in [0.1, 0.15) is 0 Å². The lowest BCUT2D eigenvalue weighted by Gasteiger charge is -2.12. The lowest BCUT2D eigenvalue weighted by molar-refractivity contribution is 0.131. The molecule has 0 aromatic heterocycles. The normalized spacial score (nSPS) is 53.2. The highest BCUT2D eigenvalue weighted by Crippen LogP contribution is 2.70. The van der Waals surface area contributed by atoms with E-state index in [2.05, 4.69) is 6.58 Å². The Morgan fingerprint density at radius 2 is 1.92 bits per heavy atom. The van der Waals surface area contributed by atoms with Gasteiger partial charge in [0, 0.05) is 0 Å². The van der Waals surface area contributed by atoms with Crippen molar-refractivity contribution in [1.29, 1.82) is 0 Å². The molecule has 5 unspecified atom stereocenters. The molecule has 1 N–H and O–H groups in total. The first-order chi connectivity index (χ1) is 6.33. The summed E-state index contributed by atoms with van der Waals surface area (Å²) >= 11 is 0. The number of hydrogen-bond acceptors (Lipinski definition) is 1. The molecule has 0 aliphatic heterocycles. The molecule has 0 saturated heterocycles. The fourth-order valence-corrected chi connectivity index (χ4v) is 4.23. The Hall–Kier alpha value is -0.300. The standard InChI is InChI=1S/C12H18O/c1-2-3-9(13)12-10-7-4-5-8(6-7)11(10)12/h2,7-13H,1,3-6H2. The van der Waals surface area contributed by atoms with E-state index >= 15 is 0 Å². The van der Waals surface area contributed by atoms with E-state index in [1.165, 1.54) is 19.3 Å². The topological polar surface area (TPSA) is 20.2 Å². The van der Waals surface area contributed by atoms with E-state index in [1.807, 2.05) is 6.08 Å². The second kappa shape index (κ2) is 2.60. The van der Waals surface area contributed by atoms with E-state index < -0.39 is 0 Å². The minimum absolute atomic E-state index is 0.0732. The van der Waals surface area contributed by atoms with Crippen LogP contribution in [0.2, 0.25) is 0 Å². The number of hydrogen-bond donors (Lipinski definition) is 1. The summed E-state index contributed by atoms with van der Waals surface area (Å²) in [4.78, 5) is 0. The minimum Gasteiger partial charge on any atom is -0.392 e. The van der Waals surface area contributed by atoms with Gasteiger partial charge >= 0.3 is 0 Å². The van der Waals surface area contributed by atoms with Gasteiger partial charge in [0.25, 0.3) is 0 Å². The zero-order valence-electron chi connectivity index (χ0n) is 8.02. The van der Waals surface area contributed by atoms with Gasteiger partial charge in [-0.3, -0.25) is 0 Å². The van der Waals surface area contributed by atoms with E-state index in [0.717, 1.165) is 30.1 Å². The Bertz CT molecular complexity index is 219. The zero-order chi connectivity index (χ0) is 9.00. The van der Waals surface area contributed by atoms with Crippen LogP contribution < -0.4 is 0 Å². The van der Waals surface area contributed by atoms with Crippen molar-refractivity contribution >= 4 is 0 Å². The molecular weight excluding hydrogens is 160 g/mol. The molecule has 3 rings (SSSR count). The lowest BCUT2D eigenvalue weighted by Crippen LogP contribution is -2.14. The molecular formula is C12H18O. The summed E-state index contributed by atoms with van der Waals surface area (Å²) in [7, 11) is 0. The summed E-state index contributed by atoms with van der Waals surface area (Å²) in [6.45, 7) is 3.70. The van der Waals surface area contributed by atoms with Crippen LogP contribution in [0.25, 0.3) is 0 Å². The molecule has 72 valence electrons. The van der Waals surface area contributed by atoms with Crippen LogP contribution in [0.15, 0.2) is 12.7 Å². The van der Waals surface area contributed by atoms with E-state index in [1.54, 1.807) is 0 Å². The van der Waals surface area contributed by atoms with Gasteiger partial charge in [0.15, 0.2) is 0 Å². The smallest absolute Gasteiger partial charge is 0.0608 e. The molecule has 2 bridgehead atoms. The summed E-state index contributed by atoms with van der Waals surface area (Å²) in [5.41, 5.74) is 0. The minimum atomic E-state index is -0.0732. The van der Waals surface area contributed by atoms with Gasteiger partial charge in [-0.25, -0.2) is 0 Å².